The lowest BCUT2D eigenvalue weighted by Crippen LogP contribution is -2.42. The Morgan fingerprint density at radius 1 is 0.429 bits per heavy atom. The van der Waals surface area contributed by atoms with Gasteiger partial charge < -0.3 is 0 Å². The number of benzene rings is 4. The molecular formula is C63H52. The minimum atomic E-state index is -0.325. The summed E-state index contributed by atoms with van der Waals surface area (Å²) >= 11 is 0. The maximum Gasteiger partial charge on any atom is 0.0676 e. The van der Waals surface area contributed by atoms with Crippen LogP contribution in [-0.4, -0.2) is 0 Å². The Kier molecular flexibility index (Phi) is 9.55. The lowest BCUT2D eigenvalue weighted by molar-refractivity contribution is 0.594. The molecule has 304 valence electrons. The molecule has 8 aliphatic carbocycles. The fourth-order valence-corrected chi connectivity index (χ4v) is 12.3. The highest BCUT2D eigenvalue weighted by atomic mass is 14.5. The van der Waals surface area contributed by atoms with E-state index in [1.165, 1.54) is 94.8 Å². The SMILES string of the molecule is C1=CCCC(C2=CC=C(C=CC3=CC=C(C4=c5ccccc5=C(C5=CC=C(C6(c7ccccc7)c7ccccc7-c7ccccc76)CC5)C5C=CC=CC45)C4C=CC=CC34)CC2)=C1. The quantitative estimate of drug-likeness (QED) is 0.174. The molecule has 4 aromatic carbocycles. The molecule has 63 heavy (non-hydrogen) atoms. The van der Waals surface area contributed by atoms with Crippen LogP contribution in [0.25, 0.3) is 22.3 Å². The predicted molar refractivity (Wildman–Crippen MR) is 264 cm³/mol. The van der Waals surface area contributed by atoms with Gasteiger partial charge in [-0.15, -0.1) is 0 Å². The van der Waals surface area contributed by atoms with E-state index in [-0.39, 0.29) is 23.2 Å². The zero-order chi connectivity index (χ0) is 41.7. The van der Waals surface area contributed by atoms with Crippen LogP contribution in [0, 0.1) is 23.7 Å². The molecule has 0 saturated heterocycles. The van der Waals surface area contributed by atoms with E-state index in [1.54, 1.807) is 0 Å². The van der Waals surface area contributed by atoms with Crippen molar-refractivity contribution in [2.75, 3.05) is 0 Å². The largest absolute Gasteiger partial charge is 0.0842 e. The van der Waals surface area contributed by atoms with E-state index in [0.29, 0.717) is 5.92 Å². The molecule has 0 fully saturated rings. The van der Waals surface area contributed by atoms with Crippen molar-refractivity contribution in [2.24, 2.45) is 23.7 Å². The summed E-state index contributed by atoms with van der Waals surface area (Å²) in [5.74, 6) is 1.12. The van der Waals surface area contributed by atoms with E-state index >= 15 is 0 Å². The van der Waals surface area contributed by atoms with Crippen LogP contribution < -0.4 is 10.4 Å². The van der Waals surface area contributed by atoms with E-state index < -0.39 is 0 Å². The third kappa shape index (κ3) is 6.25. The van der Waals surface area contributed by atoms with E-state index in [9.17, 15) is 0 Å². The molecule has 0 aliphatic heterocycles. The molecule has 0 heterocycles. The second kappa shape index (κ2) is 15.9. The summed E-state index contributed by atoms with van der Waals surface area (Å²) in [6.45, 7) is 0. The van der Waals surface area contributed by atoms with E-state index in [2.05, 4.69) is 219 Å². The molecule has 4 atom stereocenters. The van der Waals surface area contributed by atoms with E-state index in [4.69, 9.17) is 0 Å². The van der Waals surface area contributed by atoms with Gasteiger partial charge >= 0.3 is 0 Å². The van der Waals surface area contributed by atoms with E-state index in [1.807, 2.05) is 0 Å². The highest BCUT2D eigenvalue weighted by molar-refractivity contribution is 5.87. The Bertz CT molecular complexity index is 3060. The van der Waals surface area contributed by atoms with Crippen LogP contribution in [-0.2, 0) is 5.41 Å². The molecule has 0 nitrogen and oxygen atoms in total. The number of allylic oxidation sites excluding steroid dienone is 26. The fourth-order valence-electron chi connectivity index (χ4n) is 12.3. The molecule has 0 amide bonds. The first-order valence-electron chi connectivity index (χ1n) is 23.3. The van der Waals surface area contributed by atoms with Gasteiger partial charge in [0.15, 0.2) is 0 Å². The average Bonchev–Trinajstić information content (AvgIpc) is 3.67. The van der Waals surface area contributed by atoms with Gasteiger partial charge in [0.25, 0.3) is 0 Å². The van der Waals surface area contributed by atoms with Gasteiger partial charge in [0, 0.05) is 23.7 Å². The summed E-state index contributed by atoms with van der Waals surface area (Å²) in [6, 6.07) is 38.8. The van der Waals surface area contributed by atoms with Crippen molar-refractivity contribution >= 4 is 11.1 Å². The summed E-state index contributed by atoms with van der Waals surface area (Å²) in [4.78, 5) is 0. The lowest BCUT2D eigenvalue weighted by atomic mass is 9.63. The first kappa shape index (κ1) is 38.0. The Morgan fingerprint density at radius 2 is 1.05 bits per heavy atom. The van der Waals surface area contributed by atoms with Crippen molar-refractivity contribution in [1.29, 1.82) is 0 Å². The molecule has 12 rings (SSSR count). The van der Waals surface area contributed by atoms with Crippen LogP contribution in [0.4, 0.5) is 0 Å². The summed E-state index contributed by atoms with van der Waals surface area (Å²) in [5, 5.41) is 2.79. The standard InChI is InChI=1S/C63H52/c1-3-17-44(18-4-1)45-34-31-43(32-35-45)33-36-46-39-42-58(51-22-8-7-21-50(46)51)62-56-27-11-9-25-54(56)61(55-26-10-12-28-57(55)62)47-37-40-49(41-38-47)63(48-19-5-2-6-20-48)59-29-15-13-23-52(59)53-24-14-16-30-60(53)63/h1-3,5-17,19-31,33-34,36-37,39-40,42,50-51,54,56H,4,18,32,35,38,41H2. The third-order valence-corrected chi connectivity index (χ3v) is 15.2. The smallest absolute Gasteiger partial charge is 0.0676 e. The van der Waals surface area contributed by atoms with E-state index in [0.717, 1.165) is 32.1 Å². The fraction of sp³-hybridized carbons (Fsp3) is 0.175. The maximum absolute atomic E-state index is 2.51. The van der Waals surface area contributed by atoms with Gasteiger partial charge in [-0.2, -0.15) is 0 Å². The van der Waals surface area contributed by atoms with Crippen molar-refractivity contribution in [2.45, 2.75) is 43.9 Å². The molecule has 0 radical (unpaired) electrons. The maximum atomic E-state index is 2.51. The topological polar surface area (TPSA) is 0 Å². The van der Waals surface area contributed by atoms with Crippen molar-refractivity contribution in [3.05, 3.63) is 285 Å². The zero-order valence-corrected chi connectivity index (χ0v) is 35.8. The van der Waals surface area contributed by atoms with Crippen molar-refractivity contribution in [1.82, 2.24) is 0 Å². The van der Waals surface area contributed by atoms with Crippen molar-refractivity contribution < 1.29 is 0 Å². The first-order chi connectivity index (χ1) is 31.3. The number of rotatable bonds is 7. The Hall–Kier alpha value is -6.76. The molecule has 0 aromatic heterocycles. The molecule has 0 bridgehead atoms. The van der Waals surface area contributed by atoms with Crippen LogP contribution >= 0.6 is 0 Å². The van der Waals surface area contributed by atoms with Crippen LogP contribution in [0.2, 0.25) is 0 Å². The second-order valence-corrected chi connectivity index (χ2v) is 18.3. The van der Waals surface area contributed by atoms with Gasteiger partial charge in [-0.1, -0.05) is 224 Å². The van der Waals surface area contributed by atoms with Crippen molar-refractivity contribution in [3.8, 4) is 11.1 Å². The van der Waals surface area contributed by atoms with Crippen LogP contribution in [0.1, 0.15) is 55.2 Å². The van der Waals surface area contributed by atoms with Crippen LogP contribution in [0.5, 0.6) is 0 Å². The molecule has 8 aliphatic rings. The average molecular weight is 809 g/mol. The number of hydrogen-bond donors (Lipinski definition) is 0. The summed E-state index contributed by atoms with van der Waals surface area (Å²) in [6.07, 6.45) is 51.8. The van der Waals surface area contributed by atoms with Gasteiger partial charge in [0.2, 0.25) is 0 Å². The highest BCUT2D eigenvalue weighted by Gasteiger charge is 2.47. The summed E-state index contributed by atoms with van der Waals surface area (Å²) < 4.78 is 0. The van der Waals surface area contributed by atoms with Gasteiger partial charge in [-0.05, 0) is 121 Å². The van der Waals surface area contributed by atoms with Crippen LogP contribution in [0.3, 0.4) is 0 Å². The van der Waals surface area contributed by atoms with Gasteiger partial charge in [-0.3, -0.25) is 0 Å². The molecule has 0 heteroatoms. The first-order valence-corrected chi connectivity index (χ1v) is 23.3. The minimum Gasteiger partial charge on any atom is -0.0842 e. The molecule has 0 N–H and O–H groups in total. The van der Waals surface area contributed by atoms with Gasteiger partial charge in [-0.25, -0.2) is 0 Å². The van der Waals surface area contributed by atoms with Gasteiger partial charge in [0.1, 0.15) is 0 Å². The molecule has 4 unspecified atom stereocenters. The third-order valence-electron chi connectivity index (χ3n) is 15.2. The summed E-state index contributed by atoms with van der Waals surface area (Å²) in [5.41, 5.74) is 19.8. The monoisotopic (exact) mass is 808 g/mol. The molecular weight excluding hydrogens is 757 g/mol. The Balaban J connectivity index is 0.965. The normalized spacial score (nSPS) is 24.8. The Labute approximate surface area is 372 Å². The lowest BCUT2D eigenvalue weighted by Gasteiger charge is -2.40. The zero-order valence-electron chi connectivity index (χ0n) is 35.8. The van der Waals surface area contributed by atoms with Crippen molar-refractivity contribution in [3.63, 3.8) is 0 Å². The molecule has 0 saturated carbocycles. The molecule has 0 spiro atoms. The number of fused-ring (bicyclic) bond motifs is 6. The minimum absolute atomic E-state index is 0.260. The number of hydrogen-bond acceptors (Lipinski definition) is 0. The van der Waals surface area contributed by atoms with Crippen LogP contribution in [0.15, 0.2) is 258 Å². The van der Waals surface area contributed by atoms with Gasteiger partial charge in [0.05, 0.1) is 5.41 Å². The Morgan fingerprint density at radius 3 is 1.73 bits per heavy atom. The molecule has 4 aromatic rings. The predicted octanol–water partition coefficient (Wildman–Crippen LogP) is 13.7. The highest BCUT2D eigenvalue weighted by Crippen LogP contribution is 2.58. The second-order valence-electron chi connectivity index (χ2n) is 18.3. The summed E-state index contributed by atoms with van der Waals surface area (Å²) in [7, 11) is 0.